The minimum absolute atomic E-state index is 0.673. The van der Waals surface area contributed by atoms with Crippen molar-refractivity contribution >= 4 is 17.4 Å². The first-order chi connectivity index (χ1) is 8.56. The van der Waals surface area contributed by atoms with Gasteiger partial charge in [0.1, 0.15) is 5.82 Å². The first-order valence-electron chi connectivity index (χ1n) is 5.80. The van der Waals surface area contributed by atoms with E-state index in [4.69, 9.17) is 17.3 Å². The third-order valence-corrected chi connectivity index (χ3v) is 2.93. The number of aromatic nitrogens is 2. The van der Waals surface area contributed by atoms with Crippen molar-refractivity contribution in [3.8, 4) is 11.3 Å². The third kappa shape index (κ3) is 3.03. The molecule has 0 radical (unpaired) electrons. The molecule has 0 unspecified atom stereocenters. The van der Waals surface area contributed by atoms with E-state index in [1.54, 1.807) is 0 Å². The fourth-order valence-electron chi connectivity index (χ4n) is 1.69. The van der Waals surface area contributed by atoms with Crippen molar-refractivity contribution in [3.05, 3.63) is 35.4 Å². The molecule has 0 spiro atoms. The Hall–Kier alpha value is -1.52. The summed E-state index contributed by atoms with van der Waals surface area (Å²) in [5, 5.41) is 5.20. The summed E-state index contributed by atoms with van der Waals surface area (Å²) in [7, 11) is 4.05. The van der Waals surface area contributed by atoms with Gasteiger partial charge in [0, 0.05) is 23.2 Å². The van der Waals surface area contributed by atoms with E-state index in [2.05, 4.69) is 10.00 Å². The molecule has 0 aliphatic carbocycles. The summed E-state index contributed by atoms with van der Waals surface area (Å²) in [6.07, 6.45) is 0. The monoisotopic (exact) mass is 264 g/mol. The average Bonchev–Trinajstić information content (AvgIpc) is 2.68. The fraction of sp³-hybridized carbons (Fsp3) is 0.308. The Kier molecular flexibility index (Phi) is 3.89. The molecule has 2 N–H and O–H groups in total. The van der Waals surface area contributed by atoms with Gasteiger partial charge in [0.25, 0.3) is 0 Å². The summed E-state index contributed by atoms with van der Waals surface area (Å²) in [5.41, 5.74) is 7.79. The minimum Gasteiger partial charge on any atom is -0.384 e. The van der Waals surface area contributed by atoms with E-state index in [-0.39, 0.29) is 0 Å². The molecule has 0 amide bonds. The van der Waals surface area contributed by atoms with E-state index in [0.29, 0.717) is 10.8 Å². The van der Waals surface area contributed by atoms with Crippen LogP contribution in [0.4, 0.5) is 5.82 Å². The van der Waals surface area contributed by atoms with Crippen LogP contribution in [0.1, 0.15) is 0 Å². The van der Waals surface area contributed by atoms with Crippen LogP contribution < -0.4 is 5.73 Å². The zero-order chi connectivity index (χ0) is 13.1. The SMILES string of the molecule is CN(C)CCn1nc(-c2cccc(Cl)c2)cc1N. The number of likely N-dealkylation sites (N-methyl/N-ethyl adjacent to an activating group) is 1. The van der Waals surface area contributed by atoms with Gasteiger partial charge in [-0.15, -0.1) is 0 Å². The average molecular weight is 265 g/mol. The molecule has 0 atom stereocenters. The summed E-state index contributed by atoms with van der Waals surface area (Å²) >= 11 is 5.97. The van der Waals surface area contributed by atoms with Crippen molar-refractivity contribution < 1.29 is 0 Å². The second-order valence-electron chi connectivity index (χ2n) is 4.49. The van der Waals surface area contributed by atoms with Crippen LogP contribution in [-0.2, 0) is 6.54 Å². The molecular formula is C13H17ClN4. The van der Waals surface area contributed by atoms with Gasteiger partial charge < -0.3 is 10.6 Å². The Labute approximate surface area is 112 Å². The molecule has 1 aromatic carbocycles. The van der Waals surface area contributed by atoms with Crippen LogP contribution in [0, 0.1) is 0 Å². The molecular weight excluding hydrogens is 248 g/mol. The van der Waals surface area contributed by atoms with Gasteiger partial charge in [-0.3, -0.25) is 0 Å². The van der Waals surface area contributed by atoms with Crippen molar-refractivity contribution in [2.75, 3.05) is 26.4 Å². The highest BCUT2D eigenvalue weighted by Crippen LogP contribution is 2.23. The zero-order valence-corrected chi connectivity index (χ0v) is 11.4. The van der Waals surface area contributed by atoms with Crippen molar-refractivity contribution in [3.63, 3.8) is 0 Å². The van der Waals surface area contributed by atoms with Gasteiger partial charge in [-0.25, -0.2) is 4.68 Å². The minimum atomic E-state index is 0.673. The number of rotatable bonds is 4. The van der Waals surface area contributed by atoms with Crippen molar-refractivity contribution in [1.82, 2.24) is 14.7 Å². The van der Waals surface area contributed by atoms with Crippen LogP contribution in [0.25, 0.3) is 11.3 Å². The number of hydrogen-bond donors (Lipinski definition) is 1. The lowest BCUT2D eigenvalue weighted by molar-refractivity contribution is 0.375. The zero-order valence-electron chi connectivity index (χ0n) is 10.6. The van der Waals surface area contributed by atoms with E-state index in [0.717, 1.165) is 24.3 Å². The number of nitrogens with two attached hydrogens (primary N) is 1. The highest BCUT2D eigenvalue weighted by Gasteiger charge is 2.07. The van der Waals surface area contributed by atoms with Crippen LogP contribution in [0.3, 0.4) is 0 Å². The molecule has 0 aliphatic heterocycles. The Balaban J connectivity index is 2.23. The molecule has 2 rings (SSSR count). The lowest BCUT2D eigenvalue weighted by Gasteiger charge is -2.09. The van der Waals surface area contributed by atoms with E-state index >= 15 is 0 Å². The van der Waals surface area contributed by atoms with Crippen LogP contribution in [-0.4, -0.2) is 35.3 Å². The number of hydrogen-bond acceptors (Lipinski definition) is 3. The Bertz CT molecular complexity index is 534. The molecule has 0 bridgehead atoms. The van der Waals surface area contributed by atoms with E-state index in [9.17, 15) is 0 Å². The summed E-state index contributed by atoms with van der Waals surface area (Å²) < 4.78 is 1.82. The molecule has 4 nitrogen and oxygen atoms in total. The number of halogens is 1. The maximum Gasteiger partial charge on any atom is 0.122 e. The lowest BCUT2D eigenvalue weighted by Crippen LogP contribution is -2.19. The summed E-state index contributed by atoms with van der Waals surface area (Å²) in [5.74, 6) is 0.673. The van der Waals surface area contributed by atoms with Crippen LogP contribution in [0.2, 0.25) is 5.02 Å². The first-order valence-corrected chi connectivity index (χ1v) is 6.18. The Morgan fingerprint density at radius 2 is 2.11 bits per heavy atom. The molecule has 1 heterocycles. The number of anilines is 1. The second kappa shape index (κ2) is 5.42. The molecule has 2 aromatic rings. The van der Waals surface area contributed by atoms with Crippen LogP contribution >= 0.6 is 11.6 Å². The van der Waals surface area contributed by atoms with Gasteiger partial charge in [-0.05, 0) is 26.2 Å². The lowest BCUT2D eigenvalue weighted by atomic mass is 10.1. The molecule has 0 saturated heterocycles. The second-order valence-corrected chi connectivity index (χ2v) is 4.93. The largest absolute Gasteiger partial charge is 0.384 e. The fourth-order valence-corrected chi connectivity index (χ4v) is 1.88. The van der Waals surface area contributed by atoms with Gasteiger partial charge in [-0.2, -0.15) is 5.10 Å². The van der Waals surface area contributed by atoms with E-state index < -0.39 is 0 Å². The standard InChI is InChI=1S/C13H17ClN4/c1-17(2)6-7-18-13(15)9-12(16-18)10-4-3-5-11(14)8-10/h3-5,8-9H,6-7,15H2,1-2H3. The number of benzene rings is 1. The van der Waals surface area contributed by atoms with Crippen molar-refractivity contribution in [1.29, 1.82) is 0 Å². The Morgan fingerprint density at radius 3 is 2.78 bits per heavy atom. The molecule has 96 valence electrons. The predicted octanol–water partition coefficient (Wildman–Crippen LogP) is 2.35. The normalized spacial score (nSPS) is 11.1. The summed E-state index contributed by atoms with van der Waals surface area (Å²) in [6, 6.07) is 9.50. The van der Waals surface area contributed by atoms with Crippen molar-refractivity contribution in [2.24, 2.45) is 0 Å². The highest BCUT2D eigenvalue weighted by molar-refractivity contribution is 6.30. The molecule has 0 fully saturated rings. The van der Waals surface area contributed by atoms with Gasteiger partial charge in [0.15, 0.2) is 0 Å². The topological polar surface area (TPSA) is 47.1 Å². The maximum atomic E-state index is 5.97. The molecule has 18 heavy (non-hydrogen) atoms. The maximum absolute atomic E-state index is 5.97. The Morgan fingerprint density at radius 1 is 1.33 bits per heavy atom. The predicted molar refractivity (Wildman–Crippen MR) is 75.6 cm³/mol. The van der Waals surface area contributed by atoms with Gasteiger partial charge in [0.05, 0.1) is 12.2 Å². The molecule has 0 aliphatic rings. The smallest absolute Gasteiger partial charge is 0.122 e. The quantitative estimate of drug-likeness (QED) is 0.922. The summed E-state index contributed by atoms with van der Waals surface area (Å²) in [6.45, 7) is 1.68. The molecule has 1 aromatic heterocycles. The first kappa shape index (κ1) is 12.9. The van der Waals surface area contributed by atoms with Gasteiger partial charge in [0.2, 0.25) is 0 Å². The third-order valence-electron chi connectivity index (χ3n) is 2.69. The number of nitrogens with zero attached hydrogens (tertiary/aromatic N) is 3. The highest BCUT2D eigenvalue weighted by atomic mass is 35.5. The van der Waals surface area contributed by atoms with Gasteiger partial charge >= 0.3 is 0 Å². The van der Waals surface area contributed by atoms with Crippen molar-refractivity contribution in [2.45, 2.75) is 6.54 Å². The summed E-state index contributed by atoms with van der Waals surface area (Å²) in [4.78, 5) is 2.10. The molecule has 5 heteroatoms. The van der Waals surface area contributed by atoms with Gasteiger partial charge in [-0.1, -0.05) is 23.7 Å². The van der Waals surface area contributed by atoms with Crippen LogP contribution in [0.15, 0.2) is 30.3 Å². The molecule has 0 saturated carbocycles. The number of nitrogen functional groups attached to an aromatic ring is 1. The van der Waals surface area contributed by atoms with E-state index in [1.807, 2.05) is 49.1 Å². The van der Waals surface area contributed by atoms with Crippen LogP contribution in [0.5, 0.6) is 0 Å². The van der Waals surface area contributed by atoms with E-state index in [1.165, 1.54) is 0 Å².